The summed E-state index contributed by atoms with van der Waals surface area (Å²) in [6, 6.07) is 13.1. The molecule has 0 bridgehead atoms. The van der Waals surface area contributed by atoms with Crippen molar-refractivity contribution in [2.24, 2.45) is 0 Å². The molecular weight excluding hydrogens is 353 g/mol. The Labute approximate surface area is 152 Å². The second-order valence-corrected chi connectivity index (χ2v) is 8.85. The number of nitrogens with zero attached hydrogens (tertiary/aromatic N) is 3. The van der Waals surface area contributed by atoms with Gasteiger partial charge in [0.1, 0.15) is 11.6 Å². The van der Waals surface area contributed by atoms with Gasteiger partial charge in [-0.1, -0.05) is 32.0 Å². The molecule has 0 unspecified atom stereocenters. The predicted octanol–water partition coefficient (Wildman–Crippen LogP) is 3.54. The van der Waals surface area contributed by atoms with Gasteiger partial charge in [-0.3, -0.25) is 0 Å². The van der Waals surface area contributed by atoms with E-state index in [1.165, 1.54) is 22.5 Å². The maximum absolute atomic E-state index is 13.4. The summed E-state index contributed by atoms with van der Waals surface area (Å²) in [5.41, 5.74) is 1.94. The second-order valence-electron chi connectivity index (χ2n) is 6.92. The number of halogens is 1. The Morgan fingerprint density at radius 2 is 1.85 bits per heavy atom. The lowest BCUT2D eigenvalue weighted by Crippen LogP contribution is -2.50. The quantitative estimate of drug-likeness (QED) is 0.703. The van der Waals surface area contributed by atoms with Crippen molar-refractivity contribution in [3.63, 3.8) is 0 Å². The fourth-order valence-electron chi connectivity index (χ4n) is 3.41. The summed E-state index contributed by atoms with van der Waals surface area (Å²) in [5, 5.41) is 0. The van der Waals surface area contributed by atoms with Gasteiger partial charge in [0.05, 0.1) is 22.0 Å². The maximum atomic E-state index is 13.4. The van der Waals surface area contributed by atoms with Crippen molar-refractivity contribution in [2.45, 2.75) is 30.7 Å². The lowest BCUT2D eigenvalue weighted by atomic mass is 10.1. The van der Waals surface area contributed by atoms with E-state index in [1.807, 2.05) is 24.3 Å². The molecule has 0 aliphatic carbocycles. The number of benzene rings is 2. The van der Waals surface area contributed by atoms with Crippen molar-refractivity contribution in [1.82, 2.24) is 13.9 Å². The molecule has 2 heterocycles. The summed E-state index contributed by atoms with van der Waals surface area (Å²) in [7, 11) is -3.68. The lowest BCUT2D eigenvalue weighted by molar-refractivity contribution is 0.203. The van der Waals surface area contributed by atoms with Gasteiger partial charge < -0.3 is 4.57 Å². The van der Waals surface area contributed by atoms with Gasteiger partial charge in [-0.15, -0.1) is 0 Å². The summed E-state index contributed by atoms with van der Waals surface area (Å²) < 4.78 is 42.3. The van der Waals surface area contributed by atoms with Crippen molar-refractivity contribution >= 4 is 21.1 Å². The number of para-hydroxylation sites is 2. The molecule has 2 aromatic carbocycles. The van der Waals surface area contributed by atoms with Crippen LogP contribution in [0.15, 0.2) is 53.4 Å². The minimum atomic E-state index is -3.68. The number of sulfonamides is 1. The highest BCUT2D eigenvalue weighted by molar-refractivity contribution is 7.89. The molecule has 0 spiro atoms. The molecule has 0 radical (unpaired) electrons. The Balaban J connectivity index is 1.64. The number of rotatable bonds is 4. The third-order valence-corrected chi connectivity index (χ3v) is 6.59. The smallest absolute Gasteiger partial charge is 0.243 e. The largest absolute Gasteiger partial charge is 0.322 e. The Morgan fingerprint density at radius 1 is 1.12 bits per heavy atom. The molecule has 1 aliphatic heterocycles. The van der Waals surface area contributed by atoms with E-state index in [0.717, 1.165) is 22.9 Å². The van der Waals surface area contributed by atoms with Gasteiger partial charge in [-0.2, -0.15) is 4.31 Å². The highest BCUT2D eigenvalue weighted by Gasteiger charge is 2.39. The van der Waals surface area contributed by atoms with Gasteiger partial charge in [0.15, 0.2) is 0 Å². The second kappa shape index (κ2) is 6.17. The third-order valence-electron chi connectivity index (χ3n) is 4.77. The normalized spacial score (nSPS) is 16.3. The summed E-state index contributed by atoms with van der Waals surface area (Å²) in [6.07, 6.45) is 0. The standard InChI is InChI=1S/C19H20FN3O2S/c1-13(2)19-21-17-8-3-4-9-18(17)23(19)15-11-22(12-15)26(24,25)16-7-5-6-14(20)10-16/h3-10,13,15H,11-12H2,1-2H3. The fourth-order valence-corrected chi connectivity index (χ4v) is 4.95. The van der Waals surface area contributed by atoms with Gasteiger partial charge in [0, 0.05) is 19.0 Å². The van der Waals surface area contributed by atoms with Crippen molar-refractivity contribution < 1.29 is 12.8 Å². The van der Waals surface area contributed by atoms with E-state index in [1.54, 1.807) is 0 Å². The highest BCUT2D eigenvalue weighted by Crippen LogP contribution is 2.34. The van der Waals surface area contributed by atoms with Gasteiger partial charge in [0.25, 0.3) is 0 Å². The number of imidazole rings is 1. The molecule has 1 aromatic heterocycles. The first-order valence-electron chi connectivity index (χ1n) is 8.60. The van der Waals surface area contributed by atoms with Crippen LogP contribution < -0.4 is 0 Å². The fraction of sp³-hybridized carbons (Fsp3) is 0.316. The van der Waals surface area contributed by atoms with E-state index in [-0.39, 0.29) is 16.9 Å². The SMILES string of the molecule is CC(C)c1nc2ccccc2n1C1CN(S(=O)(=O)c2cccc(F)c2)C1. The molecule has 4 rings (SSSR count). The van der Waals surface area contributed by atoms with E-state index >= 15 is 0 Å². The monoisotopic (exact) mass is 373 g/mol. The number of hydrogen-bond acceptors (Lipinski definition) is 3. The minimum absolute atomic E-state index is 0.00415. The first-order valence-corrected chi connectivity index (χ1v) is 10.0. The predicted molar refractivity (Wildman–Crippen MR) is 98.0 cm³/mol. The minimum Gasteiger partial charge on any atom is -0.322 e. The van der Waals surface area contributed by atoms with E-state index in [0.29, 0.717) is 13.1 Å². The number of fused-ring (bicyclic) bond motifs is 1. The number of aromatic nitrogens is 2. The molecule has 1 aliphatic rings. The molecule has 0 atom stereocenters. The zero-order chi connectivity index (χ0) is 18.5. The van der Waals surface area contributed by atoms with E-state index < -0.39 is 15.8 Å². The molecule has 0 N–H and O–H groups in total. The molecule has 0 amide bonds. The molecule has 5 nitrogen and oxygen atoms in total. The van der Waals surface area contributed by atoms with Crippen LogP contribution in [0.25, 0.3) is 11.0 Å². The zero-order valence-electron chi connectivity index (χ0n) is 14.6. The van der Waals surface area contributed by atoms with Crippen LogP contribution in [0.1, 0.15) is 31.6 Å². The van der Waals surface area contributed by atoms with Crippen LogP contribution in [-0.2, 0) is 10.0 Å². The van der Waals surface area contributed by atoms with E-state index in [4.69, 9.17) is 4.98 Å². The highest BCUT2D eigenvalue weighted by atomic mass is 32.2. The first-order chi connectivity index (χ1) is 12.4. The maximum Gasteiger partial charge on any atom is 0.243 e. The average Bonchev–Trinajstić information content (AvgIpc) is 2.93. The molecule has 3 aromatic rings. The van der Waals surface area contributed by atoms with Crippen molar-refractivity contribution in [2.75, 3.05) is 13.1 Å². The van der Waals surface area contributed by atoms with Crippen LogP contribution in [0, 0.1) is 5.82 Å². The average molecular weight is 373 g/mol. The van der Waals surface area contributed by atoms with E-state index in [2.05, 4.69) is 18.4 Å². The van der Waals surface area contributed by atoms with Crippen LogP contribution >= 0.6 is 0 Å². The van der Waals surface area contributed by atoms with Gasteiger partial charge in [0.2, 0.25) is 10.0 Å². The van der Waals surface area contributed by atoms with Gasteiger partial charge in [-0.25, -0.2) is 17.8 Å². The molecule has 136 valence electrons. The third kappa shape index (κ3) is 2.71. The Morgan fingerprint density at radius 3 is 2.54 bits per heavy atom. The number of hydrogen-bond donors (Lipinski definition) is 0. The van der Waals surface area contributed by atoms with Crippen molar-refractivity contribution in [3.8, 4) is 0 Å². The van der Waals surface area contributed by atoms with Gasteiger partial charge in [-0.05, 0) is 30.3 Å². The van der Waals surface area contributed by atoms with Crippen LogP contribution in [0.3, 0.4) is 0 Å². The topological polar surface area (TPSA) is 55.2 Å². The molecule has 0 saturated carbocycles. The van der Waals surface area contributed by atoms with E-state index in [9.17, 15) is 12.8 Å². The van der Waals surface area contributed by atoms with Gasteiger partial charge >= 0.3 is 0 Å². The summed E-state index contributed by atoms with van der Waals surface area (Å²) in [5.74, 6) is 0.640. The molecule has 7 heteroatoms. The van der Waals surface area contributed by atoms with Crippen molar-refractivity contribution in [1.29, 1.82) is 0 Å². The summed E-state index contributed by atoms with van der Waals surface area (Å²) >= 11 is 0. The summed E-state index contributed by atoms with van der Waals surface area (Å²) in [4.78, 5) is 4.71. The molecular formula is C19H20FN3O2S. The van der Waals surface area contributed by atoms with Crippen molar-refractivity contribution in [3.05, 3.63) is 60.2 Å². The lowest BCUT2D eigenvalue weighted by Gasteiger charge is -2.40. The van der Waals surface area contributed by atoms with Crippen LogP contribution in [0.5, 0.6) is 0 Å². The zero-order valence-corrected chi connectivity index (χ0v) is 15.4. The van der Waals surface area contributed by atoms with Crippen LogP contribution in [0.2, 0.25) is 0 Å². The Bertz CT molecular complexity index is 1070. The Kier molecular flexibility index (Phi) is 4.08. The molecule has 1 saturated heterocycles. The molecule has 1 fully saturated rings. The first kappa shape index (κ1) is 17.2. The van der Waals surface area contributed by atoms with Crippen LogP contribution in [0.4, 0.5) is 4.39 Å². The molecule has 26 heavy (non-hydrogen) atoms. The Hall–Kier alpha value is -2.25. The summed E-state index contributed by atoms with van der Waals surface area (Å²) in [6.45, 7) is 4.88. The van der Waals surface area contributed by atoms with Crippen LogP contribution in [-0.4, -0.2) is 35.4 Å².